The average Bonchev–Trinajstić information content (AvgIpc) is 2.38. The minimum absolute atomic E-state index is 0.911. The van der Waals surface area contributed by atoms with E-state index in [1.54, 1.807) is 0 Å². The largest absolute Gasteiger partial charge is 0.344 e. The lowest BCUT2D eigenvalue weighted by molar-refractivity contribution is 0.817. The Morgan fingerprint density at radius 3 is 2.05 bits per heavy atom. The fourth-order valence-corrected chi connectivity index (χ4v) is 2.72. The van der Waals surface area contributed by atoms with Crippen LogP contribution in [0.25, 0.3) is 0 Å². The summed E-state index contributed by atoms with van der Waals surface area (Å²) in [6.45, 7) is 7.39. The molecule has 1 N–H and O–H groups in total. The van der Waals surface area contributed by atoms with E-state index in [2.05, 4.69) is 74.4 Å². The van der Waals surface area contributed by atoms with Crippen molar-refractivity contribution in [2.75, 3.05) is 19.0 Å². The number of hydrogen-bond acceptors (Lipinski definition) is 2. The maximum Gasteiger partial charge on any atom is 0.0438 e. The van der Waals surface area contributed by atoms with Crippen LogP contribution in [0.15, 0.2) is 36.4 Å². The first kappa shape index (κ1) is 14.6. The predicted octanol–water partition coefficient (Wildman–Crippen LogP) is 4.10. The average molecular weight is 268 g/mol. The Hall–Kier alpha value is -1.80. The molecule has 0 aliphatic heterocycles. The van der Waals surface area contributed by atoms with Crippen molar-refractivity contribution in [2.45, 2.75) is 27.3 Å². The molecule has 2 aromatic carbocycles. The number of hydrogen-bond donors (Lipinski definition) is 1. The first-order chi connectivity index (χ1) is 9.52. The van der Waals surface area contributed by atoms with Crippen molar-refractivity contribution in [1.29, 1.82) is 0 Å². The number of nitrogens with zero attached hydrogens (tertiary/aromatic N) is 1. The minimum Gasteiger partial charge on any atom is -0.344 e. The fraction of sp³-hybridized carbons (Fsp3) is 0.333. The van der Waals surface area contributed by atoms with Gasteiger partial charge in [0.05, 0.1) is 0 Å². The molecule has 0 spiro atoms. The van der Waals surface area contributed by atoms with E-state index in [-0.39, 0.29) is 0 Å². The van der Waals surface area contributed by atoms with Crippen LogP contribution in [0.2, 0.25) is 0 Å². The molecule has 0 bridgehead atoms. The molecule has 2 rings (SSSR count). The van der Waals surface area contributed by atoms with Crippen LogP contribution in [0.4, 0.5) is 11.4 Å². The summed E-state index contributed by atoms with van der Waals surface area (Å²) in [5.41, 5.74) is 7.77. The second-order valence-corrected chi connectivity index (χ2v) is 5.50. The van der Waals surface area contributed by atoms with Crippen molar-refractivity contribution >= 4 is 11.4 Å². The normalized spacial score (nSPS) is 10.7. The second-order valence-electron chi connectivity index (χ2n) is 5.50. The predicted molar refractivity (Wildman–Crippen MR) is 87.9 cm³/mol. The quantitative estimate of drug-likeness (QED) is 0.898. The van der Waals surface area contributed by atoms with Crippen molar-refractivity contribution in [1.82, 2.24) is 5.32 Å². The zero-order valence-corrected chi connectivity index (χ0v) is 13.1. The van der Waals surface area contributed by atoms with Crippen LogP contribution < -0.4 is 10.2 Å². The zero-order valence-electron chi connectivity index (χ0n) is 13.1. The topological polar surface area (TPSA) is 15.3 Å². The summed E-state index contributed by atoms with van der Waals surface area (Å²) in [6, 6.07) is 13.3. The van der Waals surface area contributed by atoms with Crippen molar-refractivity contribution in [2.24, 2.45) is 0 Å². The molecule has 0 unspecified atom stereocenters. The summed E-state index contributed by atoms with van der Waals surface area (Å²) in [5.74, 6) is 0. The maximum atomic E-state index is 3.19. The van der Waals surface area contributed by atoms with Gasteiger partial charge in [-0.15, -0.1) is 0 Å². The first-order valence-corrected chi connectivity index (χ1v) is 7.08. The third-order valence-corrected chi connectivity index (χ3v) is 3.72. The number of aryl methyl sites for hydroxylation is 3. The molecule has 0 heterocycles. The summed E-state index contributed by atoms with van der Waals surface area (Å²) in [7, 11) is 4.11. The highest BCUT2D eigenvalue weighted by molar-refractivity contribution is 5.68. The third-order valence-electron chi connectivity index (χ3n) is 3.72. The van der Waals surface area contributed by atoms with E-state index in [0.29, 0.717) is 0 Å². The zero-order chi connectivity index (χ0) is 14.7. The van der Waals surface area contributed by atoms with Gasteiger partial charge >= 0.3 is 0 Å². The van der Waals surface area contributed by atoms with Crippen LogP contribution in [0.1, 0.15) is 22.3 Å². The lowest BCUT2D eigenvalue weighted by atomic mass is 10.1. The van der Waals surface area contributed by atoms with Crippen molar-refractivity contribution < 1.29 is 0 Å². The minimum atomic E-state index is 0.911. The van der Waals surface area contributed by atoms with Crippen LogP contribution in [0.3, 0.4) is 0 Å². The molecule has 0 saturated heterocycles. The second kappa shape index (κ2) is 6.10. The van der Waals surface area contributed by atoms with E-state index >= 15 is 0 Å². The molecule has 0 saturated carbocycles. The number of rotatable bonds is 4. The highest BCUT2D eigenvalue weighted by Crippen LogP contribution is 2.30. The van der Waals surface area contributed by atoms with Gasteiger partial charge < -0.3 is 10.2 Å². The van der Waals surface area contributed by atoms with Crippen LogP contribution in [0.5, 0.6) is 0 Å². The van der Waals surface area contributed by atoms with Crippen LogP contribution >= 0.6 is 0 Å². The molecule has 0 aromatic heterocycles. The third kappa shape index (κ3) is 3.02. The maximum absolute atomic E-state index is 3.19. The fourth-order valence-electron chi connectivity index (χ4n) is 2.72. The van der Waals surface area contributed by atoms with Gasteiger partial charge in [-0.05, 0) is 56.6 Å². The standard InChI is InChI=1S/C18H24N2/c1-13-6-8-17(14(2)10-13)20(5)18-9-7-16(12-19-4)11-15(18)3/h6-11,19H,12H2,1-5H3. The molecule has 0 aliphatic carbocycles. The van der Waals surface area contributed by atoms with Gasteiger partial charge in [0.1, 0.15) is 0 Å². The molecule has 0 atom stereocenters. The lowest BCUT2D eigenvalue weighted by Crippen LogP contribution is -2.13. The van der Waals surface area contributed by atoms with E-state index in [1.807, 2.05) is 7.05 Å². The molecule has 2 nitrogen and oxygen atoms in total. The van der Waals surface area contributed by atoms with Gasteiger partial charge in [0.15, 0.2) is 0 Å². The van der Waals surface area contributed by atoms with Crippen molar-refractivity contribution in [3.05, 3.63) is 58.7 Å². The summed E-state index contributed by atoms with van der Waals surface area (Å²) >= 11 is 0. The molecule has 20 heavy (non-hydrogen) atoms. The molecular formula is C18H24N2. The highest BCUT2D eigenvalue weighted by atomic mass is 15.1. The summed E-state index contributed by atoms with van der Waals surface area (Å²) in [6.07, 6.45) is 0. The molecule has 2 heteroatoms. The Morgan fingerprint density at radius 1 is 0.900 bits per heavy atom. The van der Waals surface area contributed by atoms with Gasteiger partial charge in [0, 0.05) is 25.0 Å². The highest BCUT2D eigenvalue weighted by Gasteiger charge is 2.09. The smallest absolute Gasteiger partial charge is 0.0438 e. The van der Waals surface area contributed by atoms with Crippen molar-refractivity contribution in [3.63, 3.8) is 0 Å². The van der Waals surface area contributed by atoms with E-state index in [4.69, 9.17) is 0 Å². The van der Waals surface area contributed by atoms with Gasteiger partial charge in [-0.3, -0.25) is 0 Å². The van der Waals surface area contributed by atoms with E-state index in [0.717, 1.165) is 6.54 Å². The number of benzene rings is 2. The molecular weight excluding hydrogens is 244 g/mol. The summed E-state index contributed by atoms with van der Waals surface area (Å²) in [4.78, 5) is 2.27. The van der Waals surface area contributed by atoms with Crippen LogP contribution in [0, 0.1) is 20.8 Å². The molecule has 106 valence electrons. The lowest BCUT2D eigenvalue weighted by Gasteiger charge is -2.24. The Kier molecular flexibility index (Phi) is 4.46. The Bertz CT molecular complexity index is 602. The van der Waals surface area contributed by atoms with E-state index < -0.39 is 0 Å². The molecule has 0 fully saturated rings. The summed E-state index contributed by atoms with van der Waals surface area (Å²) < 4.78 is 0. The van der Waals surface area contributed by atoms with E-state index in [9.17, 15) is 0 Å². The summed E-state index contributed by atoms with van der Waals surface area (Å²) in [5, 5.41) is 3.19. The van der Waals surface area contributed by atoms with Gasteiger partial charge in [-0.2, -0.15) is 0 Å². The SMILES string of the molecule is CNCc1ccc(N(C)c2ccc(C)cc2C)c(C)c1. The number of nitrogens with one attached hydrogen (secondary N) is 1. The van der Waals surface area contributed by atoms with Crippen LogP contribution in [-0.4, -0.2) is 14.1 Å². The Morgan fingerprint density at radius 2 is 1.50 bits per heavy atom. The molecule has 0 radical (unpaired) electrons. The van der Waals surface area contributed by atoms with Gasteiger partial charge in [0.25, 0.3) is 0 Å². The van der Waals surface area contributed by atoms with Crippen LogP contribution in [-0.2, 0) is 6.54 Å². The van der Waals surface area contributed by atoms with Gasteiger partial charge in [-0.1, -0.05) is 29.8 Å². The monoisotopic (exact) mass is 268 g/mol. The Balaban J connectivity index is 2.35. The Labute approximate surface area is 122 Å². The van der Waals surface area contributed by atoms with Crippen molar-refractivity contribution in [3.8, 4) is 0 Å². The van der Waals surface area contributed by atoms with E-state index in [1.165, 1.54) is 33.6 Å². The molecule has 0 amide bonds. The first-order valence-electron chi connectivity index (χ1n) is 7.08. The molecule has 2 aromatic rings. The number of anilines is 2. The van der Waals surface area contributed by atoms with Gasteiger partial charge in [0.2, 0.25) is 0 Å². The van der Waals surface area contributed by atoms with Gasteiger partial charge in [-0.25, -0.2) is 0 Å². The molecule has 0 aliphatic rings.